The number of nitrogens with one attached hydrogen (secondary N) is 1. The molecule has 2 amide bonds. The summed E-state index contributed by atoms with van der Waals surface area (Å²) in [6.07, 6.45) is 1.45. The van der Waals surface area contributed by atoms with E-state index in [0.29, 0.717) is 43.2 Å². The fraction of sp³-hybridized carbons (Fsp3) is 0.300. The van der Waals surface area contributed by atoms with Gasteiger partial charge in [-0.3, -0.25) is 9.59 Å². The Bertz CT molecular complexity index is 920. The molecule has 2 heterocycles. The van der Waals surface area contributed by atoms with Crippen LogP contribution in [0.4, 0.5) is 11.5 Å². The molecule has 0 atom stereocenters. The highest BCUT2D eigenvalue weighted by Gasteiger charge is 2.24. The van der Waals surface area contributed by atoms with Crippen molar-refractivity contribution in [3.8, 4) is 0 Å². The van der Waals surface area contributed by atoms with E-state index in [-0.39, 0.29) is 17.4 Å². The van der Waals surface area contributed by atoms with Gasteiger partial charge in [0.1, 0.15) is 11.4 Å². The standard InChI is InChI=1S/C20H22N4O4/c1-13-5-3-4-6-16(13)19(26)22-15-11-17(20(27)28)18(21-12-15)24-9-7-23(8-10-24)14(2)25/h3-6,11-12H,7-10H2,1-2H3,(H,22,26)(H,27,28). The fourth-order valence-electron chi connectivity index (χ4n) is 3.19. The number of nitrogens with zero attached hydrogens (tertiary/aromatic N) is 3. The summed E-state index contributed by atoms with van der Waals surface area (Å²) in [6.45, 7) is 5.38. The lowest BCUT2D eigenvalue weighted by molar-refractivity contribution is -0.129. The predicted octanol–water partition coefficient (Wildman–Crippen LogP) is 2.01. The molecule has 1 aromatic carbocycles. The predicted molar refractivity (Wildman–Crippen MR) is 105 cm³/mol. The molecule has 3 rings (SSSR count). The number of carbonyl (C=O) groups is 3. The lowest BCUT2D eigenvalue weighted by Crippen LogP contribution is -2.48. The maximum Gasteiger partial charge on any atom is 0.339 e. The van der Waals surface area contributed by atoms with Gasteiger partial charge in [-0.05, 0) is 24.6 Å². The second kappa shape index (κ2) is 8.08. The molecule has 146 valence electrons. The molecule has 8 nitrogen and oxygen atoms in total. The van der Waals surface area contributed by atoms with Gasteiger partial charge < -0.3 is 20.2 Å². The summed E-state index contributed by atoms with van der Waals surface area (Å²) < 4.78 is 0. The van der Waals surface area contributed by atoms with E-state index >= 15 is 0 Å². The van der Waals surface area contributed by atoms with Crippen LogP contribution in [0.15, 0.2) is 36.5 Å². The van der Waals surface area contributed by atoms with E-state index < -0.39 is 5.97 Å². The van der Waals surface area contributed by atoms with Crippen LogP contribution in [0.1, 0.15) is 33.2 Å². The zero-order chi connectivity index (χ0) is 20.3. The molecule has 0 aliphatic carbocycles. The van der Waals surface area contributed by atoms with E-state index in [9.17, 15) is 19.5 Å². The number of pyridine rings is 1. The van der Waals surface area contributed by atoms with E-state index in [1.54, 1.807) is 17.0 Å². The van der Waals surface area contributed by atoms with Crippen LogP contribution in [0.2, 0.25) is 0 Å². The summed E-state index contributed by atoms with van der Waals surface area (Å²) in [5.74, 6) is -1.10. The number of hydrogen-bond acceptors (Lipinski definition) is 5. The first-order valence-electron chi connectivity index (χ1n) is 8.97. The molecule has 28 heavy (non-hydrogen) atoms. The molecule has 0 bridgehead atoms. The largest absolute Gasteiger partial charge is 0.478 e. The minimum absolute atomic E-state index is 0.000308. The van der Waals surface area contributed by atoms with Crippen LogP contribution in [-0.2, 0) is 4.79 Å². The van der Waals surface area contributed by atoms with Crippen LogP contribution in [0.25, 0.3) is 0 Å². The molecule has 1 aliphatic rings. The summed E-state index contributed by atoms with van der Waals surface area (Å²) >= 11 is 0. The van der Waals surface area contributed by atoms with Crippen LogP contribution >= 0.6 is 0 Å². The van der Waals surface area contributed by atoms with Crippen molar-refractivity contribution < 1.29 is 19.5 Å². The number of anilines is 2. The number of aromatic carboxylic acids is 1. The SMILES string of the molecule is CC(=O)N1CCN(c2ncc(NC(=O)c3ccccc3C)cc2C(=O)O)CC1. The smallest absolute Gasteiger partial charge is 0.339 e. The third-order valence-corrected chi connectivity index (χ3v) is 4.77. The number of carbonyl (C=O) groups excluding carboxylic acids is 2. The molecule has 1 aliphatic heterocycles. The molecule has 0 spiro atoms. The van der Waals surface area contributed by atoms with Crippen molar-refractivity contribution >= 4 is 29.3 Å². The second-order valence-corrected chi connectivity index (χ2v) is 6.66. The van der Waals surface area contributed by atoms with Gasteiger partial charge in [-0.1, -0.05) is 18.2 Å². The van der Waals surface area contributed by atoms with Gasteiger partial charge in [0.15, 0.2) is 0 Å². The summed E-state index contributed by atoms with van der Waals surface area (Å²) in [6, 6.07) is 8.57. The van der Waals surface area contributed by atoms with E-state index in [0.717, 1.165) is 5.56 Å². The molecule has 0 unspecified atom stereocenters. The number of benzene rings is 1. The van der Waals surface area contributed by atoms with Gasteiger partial charge in [0.25, 0.3) is 5.91 Å². The number of carboxylic acids is 1. The lowest BCUT2D eigenvalue weighted by atomic mass is 10.1. The van der Waals surface area contributed by atoms with Crippen molar-refractivity contribution in [3.63, 3.8) is 0 Å². The molecule has 0 saturated carbocycles. The van der Waals surface area contributed by atoms with Crippen LogP contribution in [0.3, 0.4) is 0 Å². The average Bonchev–Trinajstić information content (AvgIpc) is 2.68. The number of carboxylic acid groups (broad SMARTS) is 1. The number of amides is 2. The number of rotatable bonds is 4. The summed E-state index contributed by atoms with van der Waals surface area (Å²) in [4.78, 5) is 43.5. The maximum atomic E-state index is 12.5. The Kier molecular flexibility index (Phi) is 5.58. The Morgan fingerprint density at radius 3 is 2.36 bits per heavy atom. The van der Waals surface area contributed by atoms with Crippen molar-refractivity contribution in [2.45, 2.75) is 13.8 Å². The normalized spacial score (nSPS) is 13.9. The van der Waals surface area contributed by atoms with Gasteiger partial charge in [0.2, 0.25) is 5.91 Å². The third-order valence-electron chi connectivity index (χ3n) is 4.77. The molecule has 2 N–H and O–H groups in total. The van der Waals surface area contributed by atoms with Gasteiger partial charge in [-0.2, -0.15) is 0 Å². The zero-order valence-corrected chi connectivity index (χ0v) is 15.8. The van der Waals surface area contributed by atoms with Crippen LogP contribution < -0.4 is 10.2 Å². The van der Waals surface area contributed by atoms with Gasteiger partial charge in [0.05, 0.1) is 11.9 Å². The number of aryl methyl sites for hydroxylation is 1. The quantitative estimate of drug-likeness (QED) is 0.839. The van der Waals surface area contributed by atoms with E-state index in [1.807, 2.05) is 24.0 Å². The zero-order valence-electron chi connectivity index (χ0n) is 15.8. The minimum atomic E-state index is -1.12. The van der Waals surface area contributed by atoms with Crippen molar-refractivity contribution in [3.05, 3.63) is 53.2 Å². The van der Waals surface area contributed by atoms with Gasteiger partial charge in [-0.25, -0.2) is 9.78 Å². The summed E-state index contributed by atoms with van der Waals surface area (Å²) in [5.41, 5.74) is 1.67. The van der Waals surface area contributed by atoms with Gasteiger partial charge in [-0.15, -0.1) is 0 Å². The van der Waals surface area contributed by atoms with E-state index in [2.05, 4.69) is 10.3 Å². The first kappa shape index (κ1) is 19.3. The van der Waals surface area contributed by atoms with Crippen molar-refractivity contribution in [1.29, 1.82) is 0 Å². The number of hydrogen-bond donors (Lipinski definition) is 2. The maximum absolute atomic E-state index is 12.5. The minimum Gasteiger partial charge on any atom is -0.478 e. The monoisotopic (exact) mass is 382 g/mol. The Morgan fingerprint density at radius 2 is 1.75 bits per heavy atom. The highest BCUT2D eigenvalue weighted by atomic mass is 16.4. The third kappa shape index (κ3) is 4.11. The topological polar surface area (TPSA) is 103 Å². The fourth-order valence-corrected chi connectivity index (χ4v) is 3.19. The number of piperazine rings is 1. The lowest BCUT2D eigenvalue weighted by Gasteiger charge is -2.35. The van der Waals surface area contributed by atoms with Gasteiger partial charge >= 0.3 is 5.97 Å². The Balaban J connectivity index is 1.80. The van der Waals surface area contributed by atoms with Gasteiger partial charge in [0, 0.05) is 38.7 Å². The Morgan fingerprint density at radius 1 is 1.07 bits per heavy atom. The highest BCUT2D eigenvalue weighted by Crippen LogP contribution is 2.23. The summed E-state index contributed by atoms with van der Waals surface area (Å²) in [5, 5.41) is 12.3. The van der Waals surface area contributed by atoms with E-state index in [1.165, 1.54) is 19.2 Å². The Hall–Kier alpha value is -3.42. The molecule has 8 heteroatoms. The van der Waals surface area contributed by atoms with E-state index in [4.69, 9.17) is 0 Å². The Labute approximate surface area is 162 Å². The van der Waals surface area contributed by atoms with Crippen LogP contribution in [0.5, 0.6) is 0 Å². The molecular weight excluding hydrogens is 360 g/mol. The van der Waals surface area contributed by atoms with Crippen molar-refractivity contribution in [1.82, 2.24) is 9.88 Å². The molecule has 1 fully saturated rings. The molecule has 2 aromatic rings. The second-order valence-electron chi connectivity index (χ2n) is 6.66. The molecule has 1 saturated heterocycles. The van der Waals surface area contributed by atoms with Crippen LogP contribution in [-0.4, -0.2) is 59.0 Å². The average molecular weight is 382 g/mol. The number of aromatic nitrogens is 1. The highest BCUT2D eigenvalue weighted by molar-refractivity contribution is 6.06. The molecule has 0 radical (unpaired) electrons. The van der Waals surface area contributed by atoms with Crippen molar-refractivity contribution in [2.24, 2.45) is 0 Å². The summed E-state index contributed by atoms with van der Waals surface area (Å²) in [7, 11) is 0. The molecular formula is C20H22N4O4. The first-order chi connectivity index (χ1) is 13.4. The first-order valence-corrected chi connectivity index (χ1v) is 8.97. The van der Waals surface area contributed by atoms with Crippen molar-refractivity contribution in [2.75, 3.05) is 36.4 Å². The van der Waals surface area contributed by atoms with Crippen LogP contribution in [0, 0.1) is 6.92 Å². The molecule has 1 aromatic heterocycles.